The van der Waals surface area contributed by atoms with Gasteiger partial charge in [-0.3, -0.25) is 10.1 Å². The minimum absolute atomic E-state index is 0.0449. The van der Waals surface area contributed by atoms with Gasteiger partial charge in [0.2, 0.25) is 15.8 Å². The van der Waals surface area contributed by atoms with Crippen LogP contribution in [0.4, 0.5) is 10.1 Å². The summed E-state index contributed by atoms with van der Waals surface area (Å²) in [7, 11) is -4.01. The third-order valence-electron chi connectivity index (χ3n) is 2.13. The molecule has 1 rings (SSSR count). The number of benzene rings is 1. The lowest BCUT2D eigenvalue weighted by atomic mass is 10.2. The van der Waals surface area contributed by atoms with Gasteiger partial charge in [0.1, 0.15) is 0 Å². The molecule has 0 aliphatic rings. The molecule has 0 atom stereocenters. The molecule has 0 fully saturated rings. The zero-order chi connectivity index (χ0) is 13.9. The molecule has 0 aromatic heterocycles. The van der Waals surface area contributed by atoms with Crippen molar-refractivity contribution in [2.45, 2.75) is 11.8 Å². The number of nitrogens with one attached hydrogen (secondary N) is 1. The standard InChI is InChI=1S/C9H11FN2O5S/c1-6-4-7(10)8(12(14)15)5-9(6)18(16,17)11-2-3-13/h4-5,11,13H,2-3H2,1H3. The Kier molecular flexibility index (Phi) is 4.33. The van der Waals surface area contributed by atoms with Crippen molar-refractivity contribution < 1.29 is 22.8 Å². The van der Waals surface area contributed by atoms with E-state index < -0.39 is 33.1 Å². The highest BCUT2D eigenvalue weighted by Gasteiger charge is 2.23. The van der Waals surface area contributed by atoms with Gasteiger partial charge in [-0.2, -0.15) is 4.39 Å². The number of hydrogen-bond acceptors (Lipinski definition) is 5. The maximum Gasteiger partial charge on any atom is 0.306 e. The predicted octanol–water partition coefficient (Wildman–Crippen LogP) is 0.313. The van der Waals surface area contributed by atoms with Crippen LogP contribution >= 0.6 is 0 Å². The molecular weight excluding hydrogens is 267 g/mol. The zero-order valence-corrected chi connectivity index (χ0v) is 10.2. The van der Waals surface area contributed by atoms with Gasteiger partial charge in [-0.1, -0.05) is 0 Å². The molecule has 0 aliphatic carbocycles. The Morgan fingerprint density at radius 2 is 2.11 bits per heavy atom. The van der Waals surface area contributed by atoms with E-state index in [0.29, 0.717) is 6.07 Å². The van der Waals surface area contributed by atoms with E-state index in [1.165, 1.54) is 6.92 Å². The summed E-state index contributed by atoms with van der Waals surface area (Å²) in [5.41, 5.74) is -0.867. The van der Waals surface area contributed by atoms with Crippen molar-refractivity contribution in [1.82, 2.24) is 4.72 Å². The summed E-state index contributed by atoms with van der Waals surface area (Å²) in [4.78, 5) is 9.15. The fraction of sp³-hybridized carbons (Fsp3) is 0.333. The lowest BCUT2D eigenvalue weighted by molar-refractivity contribution is -0.387. The second-order valence-electron chi connectivity index (χ2n) is 3.45. The van der Waals surface area contributed by atoms with Gasteiger partial charge in [-0.15, -0.1) is 0 Å². The van der Waals surface area contributed by atoms with E-state index in [2.05, 4.69) is 0 Å². The van der Waals surface area contributed by atoms with Crippen LogP contribution in [-0.4, -0.2) is 31.6 Å². The van der Waals surface area contributed by atoms with E-state index in [4.69, 9.17) is 5.11 Å². The number of nitro benzene ring substituents is 1. The van der Waals surface area contributed by atoms with Crippen LogP contribution in [0.15, 0.2) is 17.0 Å². The monoisotopic (exact) mass is 278 g/mol. The summed E-state index contributed by atoms with van der Waals surface area (Å²) in [6.07, 6.45) is 0. The van der Waals surface area contributed by atoms with E-state index in [1.807, 2.05) is 4.72 Å². The number of rotatable bonds is 5. The number of aliphatic hydroxyl groups excluding tert-OH is 1. The van der Waals surface area contributed by atoms with Crippen molar-refractivity contribution >= 4 is 15.7 Å². The second kappa shape index (κ2) is 5.38. The molecule has 1 aromatic carbocycles. The van der Waals surface area contributed by atoms with E-state index in [0.717, 1.165) is 6.07 Å². The van der Waals surface area contributed by atoms with Crippen LogP contribution in [0.2, 0.25) is 0 Å². The van der Waals surface area contributed by atoms with Gasteiger partial charge in [0.05, 0.1) is 16.4 Å². The van der Waals surface area contributed by atoms with Gasteiger partial charge in [0.25, 0.3) is 0 Å². The van der Waals surface area contributed by atoms with Gasteiger partial charge in [-0.25, -0.2) is 13.1 Å². The van der Waals surface area contributed by atoms with Gasteiger partial charge >= 0.3 is 5.69 Å². The molecule has 0 saturated heterocycles. The Labute approximate surface area is 102 Å². The van der Waals surface area contributed by atoms with Crippen LogP contribution in [0.1, 0.15) is 5.56 Å². The van der Waals surface area contributed by atoms with Crippen molar-refractivity contribution in [3.63, 3.8) is 0 Å². The summed E-state index contributed by atoms with van der Waals surface area (Å²) in [6, 6.07) is 1.44. The van der Waals surface area contributed by atoms with Gasteiger partial charge < -0.3 is 5.11 Å². The summed E-state index contributed by atoms with van der Waals surface area (Å²) < 4.78 is 38.7. The molecule has 2 N–H and O–H groups in total. The first kappa shape index (κ1) is 14.5. The molecule has 0 unspecified atom stereocenters. The highest BCUT2D eigenvalue weighted by molar-refractivity contribution is 7.89. The maximum absolute atomic E-state index is 13.2. The molecule has 18 heavy (non-hydrogen) atoms. The second-order valence-corrected chi connectivity index (χ2v) is 5.18. The number of sulfonamides is 1. The molecular formula is C9H11FN2O5S. The summed E-state index contributed by atoms with van der Waals surface area (Å²) in [5, 5.41) is 19.1. The topological polar surface area (TPSA) is 110 Å². The quantitative estimate of drug-likeness (QED) is 0.595. The Bertz CT molecular complexity index is 573. The van der Waals surface area contributed by atoms with Crippen LogP contribution < -0.4 is 4.72 Å². The Balaban J connectivity index is 3.33. The number of aryl methyl sites for hydroxylation is 1. The summed E-state index contributed by atoms with van der Waals surface area (Å²) in [6.45, 7) is 0.675. The van der Waals surface area contributed by atoms with Crippen molar-refractivity contribution in [1.29, 1.82) is 0 Å². The molecule has 1 aromatic rings. The third-order valence-corrected chi connectivity index (χ3v) is 3.74. The number of nitrogens with zero attached hydrogens (tertiary/aromatic N) is 1. The molecule has 9 heteroatoms. The molecule has 0 spiro atoms. The van der Waals surface area contributed by atoms with E-state index in [1.54, 1.807) is 0 Å². The third kappa shape index (κ3) is 3.00. The number of hydrogen-bond donors (Lipinski definition) is 2. The van der Waals surface area contributed by atoms with Crippen molar-refractivity contribution in [2.24, 2.45) is 0 Å². The van der Waals surface area contributed by atoms with Gasteiger partial charge in [-0.05, 0) is 18.6 Å². The highest BCUT2D eigenvalue weighted by Crippen LogP contribution is 2.24. The number of aliphatic hydroxyl groups is 1. The Morgan fingerprint density at radius 1 is 1.50 bits per heavy atom. The molecule has 0 aliphatic heterocycles. The van der Waals surface area contributed by atoms with E-state index in [9.17, 15) is 22.9 Å². The summed E-state index contributed by atoms with van der Waals surface area (Å²) in [5.74, 6) is -1.10. The van der Waals surface area contributed by atoms with Gasteiger partial charge in [0.15, 0.2) is 0 Å². The molecule has 0 bridgehead atoms. The largest absolute Gasteiger partial charge is 0.395 e. The van der Waals surface area contributed by atoms with Crippen LogP contribution in [-0.2, 0) is 10.0 Å². The highest BCUT2D eigenvalue weighted by atomic mass is 32.2. The average Bonchev–Trinajstić information content (AvgIpc) is 2.25. The van der Waals surface area contributed by atoms with Crippen LogP contribution in [0.5, 0.6) is 0 Å². The van der Waals surface area contributed by atoms with Crippen LogP contribution in [0.25, 0.3) is 0 Å². The fourth-order valence-corrected chi connectivity index (χ4v) is 2.59. The van der Waals surface area contributed by atoms with Gasteiger partial charge in [0, 0.05) is 12.6 Å². The lowest BCUT2D eigenvalue weighted by Crippen LogP contribution is -2.27. The molecule has 0 amide bonds. The van der Waals surface area contributed by atoms with Crippen molar-refractivity contribution in [2.75, 3.05) is 13.2 Å². The lowest BCUT2D eigenvalue weighted by Gasteiger charge is -2.08. The van der Waals surface area contributed by atoms with E-state index in [-0.39, 0.29) is 17.0 Å². The normalized spacial score (nSPS) is 11.5. The average molecular weight is 278 g/mol. The number of halogens is 1. The molecule has 100 valence electrons. The molecule has 0 saturated carbocycles. The predicted molar refractivity (Wildman–Crippen MR) is 60.1 cm³/mol. The van der Waals surface area contributed by atoms with Crippen molar-refractivity contribution in [3.8, 4) is 0 Å². The first-order valence-electron chi connectivity index (χ1n) is 4.84. The number of nitro groups is 1. The smallest absolute Gasteiger partial charge is 0.306 e. The Morgan fingerprint density at radius 3 is 2.61 bits per heavy atom. The first-order valence-corrected chi connectivity index (χ1v) is 6.33. The van der Waals surface area contributed by atoms with Crippen molar-refractivity contribution in [3.05, 3.63) is 33.6 Å². The minimum Gasteiger partial charge on any atom is -0.395 e. The molecule has 0 radical (unpaired) electrons. The molecule has 7 nitrogen and oxygen atoms in total. The zero-order valence-electron chi connectivity index (χ0n) is 9.38. The van der Waals surface area contributed by atoms with Crippen LogP contribution in [0.3, 0.4) is 0 Å². The fourth-order valence-electron chi connectivity index (χ4n) is 1.33. The van der Waals surface area contributed by atoms with Crippen LogP contribution in [0, 0.1) is 22.9 Å². The van der Waals surface area contributed by atoms with E-state index >= 15 is 0 Å². The molecule has 0 heterocycles. The first-order chi connectivity index (χ1) is 8.29. The minimum atomic E-state index is -4.01. The maximum atomic E-state index is 13.2. The Hall–Kier alpha value is -1.58. The summed E-state index contributed by atoms with van der Waals surface area (Å²) >= 11 is 0. The SMILES string of the molecule is Cc1cc(F)c([N+](=O)[O-])cc1S(=O)(=O)NCCO.